The molecule has 0 aliphatic rings. The van der Waals surface area contributed by atoms with Crippen LogP contribution in [0.2, 0.25) is 0 Å². The van der Waals surface area contributed by atoms with Crippen LogP contribution in [0.15, 0.2) is 12.7 Å². The highest BCUT2D eigenvalue weighted by Crippen LogP contribution is 1.95. The molecule has 0 radical (unpaired) electrons. The summed E-state index contributed by atoms with van der Waals surface area (Å²) in [6, 6.07) is 0. The zero-order valence-corrected chi connectivity index (χ0v) is 4.91. The molecule has 1 unspecified atom stereocenters. The van der Waals surface area contributed by atoms with Gasteiger partial charge in [-0.25, -0.2) is 0 Å². The van der Waals surface area contributed by atoms with Gasteiger partial charge in [0.2, 0.25) is 0 Å². The average Bonchev–Trinajstić information content (AvgIpc) is 1.65. The van der Waals surface area contributed by atoms with Gasteiger partial charge in [0.05, 0.1) is 0 Å². The Bertz CT molecular complexity index is 41.2. The number of rotatable bonds is 2. The van der Waals surface area contributed by atoms with E-state index in [2.05, 4.69) is 26.1 Å². The van der Waals surface area contributed by atoms with Crippen LogP contribution < -0.4 is 0 Å². The largest absolute Gasteiger partial charge is 0.179 e. The fourth-order valence-corrected chi connectivity index (χ4v) is 0.224. The lowest BCUT2D eigenvalue weighted by molar-refractivity contribution is 0.853. The molecule has 0 rings (SSSR count). The van der Waals surface area contributed by atoms with Crippen LogP contribution in [0.4, 0.5) is 0 Å². The van der Waals surface area contributed by atoms with Gasteiger partial charge >= 0.3 is 0 Å². The van der Waals surface area contributed by atoms with Gasteiger partial charge in [-0.2, -0.15) is 12.6 Å². The highest BCUT2D eigenvalue weighted by molar-refractivity contribution is 7.80. The van der Waals surface area contributed by atoms with Gasteiger partial charge < -0.3 is 0 Å². The van der Waals surface area contributed by atoms with Crippen LogP contribution in [0.1, 0.15) is 6.92 Å². The van der Waals surface area contributed by atoms with E-state index >= 15 is 0 Å². The van der Waals surface area contributed by atoms with Crippen molar-refractivity contribution in [1.29, 1.82) is 0 Å². The predicted octanol–water partition coefficient (Wildman–Crippen LogP) is 1.74. The molecule has 1 atom stereocenters. The topological polar surface area (TPSA) is 0 Å². The van der Waals surface area contributed by atoms with Gasteiger partial charge in [-0.3, -0.25) is 0 Å². The van der Waals surface area contributed by atoms with Crippen molar-refractivity contribution in [3.8, 4) is 0 Å². The van der Waals surface area contributed by atoms with Crippen LogP contribution in [0.5, 0.6) is 0 Å². The second-order valence-electron chi connectivity index (χ2n) is 1.40. The standard InChI is InChI=1S/C5H10S/c1-3-5(2)4-6/h3,5-6H,1,4H2,2H3. The Labute approximate surface area is 44.7 Å². The minimum Gasteiger partial charge on any atom is -0.179 e. The summed E-state index contributed by atoms with van der Waals surface area (Å²) in [5.74, 6) is 1.47. The summed E-state index contributed by atoms with van der Waals surface area (Å²) in [4.78, 5) is 0. The summed E-state index contributed by atoms with van der Waals surface area (Å²) in [6.45, 7) is 5.67. The average molecular weight is 102 g/mol. The van der Waals surface area contributed by atoms with E-state index in [-0.39, 0.29) is 0 Å². The molecule has 0 N–H and O–H groups in total. The van der Waals surface area contributed by atoms with Crippen LogP contribution in [-0.4, -0.2) is 5.75 Å². The van der Waals surface area contributed by atoms with Gasteiger partial charge in [0, 0.05) is 0 Å². The summed E-state index contributed by atoms with van der Waals surface area (Å²) in [7, 11) is 0. The smallest absolute Gasteiger partial charge is 0.00376 e. The Balaban J connectivity index is 2.96. The summed E-state index contributed by atoms with van der Waals surface area (Å²) >= 11 is 4.02. The summed E-state index contributed by atoms with van der Waals surface area (Å²) in [5.41, 5.74) is 0. The van der Waals surface area contributed by atoms with E-state index in [0.29, 0.717) is 5.92 Å². The molecular weight excluding hydrogens is 92.1 g/mol. The minimum absolute atomic E-state index is 0.563. The zero-order chi connectivity index (χ0) is 4.99. The first-order chi connectivity index (χ1) is 2.81. The molecule has 0 saturated carbocycles. The van der Waals surface area contributed by atoms with Crippen molar-refractivity contribution in [3.63, 3.8) is 0 Å². The third kappa shape index (κ3) is 2.33. The van der Waals surface area contributed by atoms with E-state index in [1.165, 1.54) is 0 Å². The fraction of sp³-hybridized carbons (Fsp3) is 0.600. The molecule has 0 aromatic heterocycles. The van der Waals surface area contributed by atoms with Gasteiger partial charge in [0.1, 0.15) is 0 Å². The molecule has 0 heterocycles. The van der Waals surface area contributed by atoms with Crippen molar-refractivity contribution in [2.24, 2.45) is 5.92 Å². The maximum absolute atomic E-state index is 4.02. The van der Waals surface area contributed by atoms with Crippen molar-refractivity contribution >= 4 is 12.6 Å². The number of thiol groups is 1. The molecule has 0 nitrogen and oxygen atoms in total. The van der Waals surface area contributed by atoms with Gasteiger partial charge in [0.15, 0.2) is 0 Å². The van der Waals surface area contributed by atoms with Gasteiger partial charge in [-0.1, -0.05) is 13.0 Å². The molecule has 0 fully saturated rings. The number of hydrogen-bond acceptors (Lipinski definition) is 1. The van der Waals surface area contributed by atoms with Gasteiger partial charge in [-0.15, -0.1) is 6.58 Å². The summed E-state index contributed by atoms with van der Waals surface area (Å²) in [6.07, 6.45) is 1.90. The molecule has 6 heavy (non-hydrogen) atoms. The molecule has 1 heteroatoms. The first-order valence-electron chi connectivity index (χ1n) is 2.04. The van der Waals surface area contributed by atoms with Crippen molar-refractivity contribution < 1.29 is 0 Å². The lowest BCUT2D eigenvalue weighted by atomic mass is 10.2. The highest BCUT2D eigenvalue weighted by atomic mass is 32.1. The molecule has 36 valence electrons. The molecule has 0 aliphatic heterocycles. The van der Waals surface area contributed by atoms with Crippen LogP contribution in [0, 0.1) is 5.92 Å². The Morgan fingerprint density at radius 3 is 2.50 bits per heavy atom. The maximum atomic E-state index is 4.02. The van der Waals surface area contributed by atoms with E-state index in [1.807, 2.05) is 6.08 Å². The van der Waals surface area contributed by atoms with E-state index in [9.17, 15) is 0 Å². The SMILES string of the molecule is C=CC(C)CS. The van der Waals surface area contributed by atoms with Crippen molar-refractivity contribution in [3.05, 3.63) is 12.7 Å². The van der Waals surface area contributed by atoms with Gasteiger partial charge in [0.25, 0.3) is 0 Å². The van der Waals surface area contributed by atoms with Crippen molar-refractivity contribution in [2.75, 3.05) is 5.75 Å². The molecule has 0 aromatic carbocycles. The van der Waals surface area contributed by atoms with Crippen LogP contribution >= 0.6 is 12.6 Å². The van der Waals surface area contributed by atoms with E-state index in [4.69, 9.17) is 0 Å². The molecule has 0 bridgehead atoms. The lowest BCUT2D eigenvalue weighted by Crippen LogP contribution is -1.86. The third-order valence-corrected chi connectivity index (χ3v) is 1.27. The fourth-order valence-electron chi connectivity index (χ4n) is 0.0745. The highest BCUT2D eigenvalue weighted by Gasteiger charge is 1.85. The Morgan fingerprint density at radius 2 is 2.50 bits per heavy atom. The second kappa shape index (κ2) is 3.29. The molecule has 0 saturated heterocycles. The van der Waals surface area contributed by atoms with Crippen LogP contribution in [0.25, 0.3) is 0 Å². The predicted molar refractivity (Wildman–Crippen MR) is 33.2 cm³/mol. The van der Waals surface area contributed by atoms with Crippen molar-refractivity contribution in [2.45, 2.75) is 6.92 Å². The molecule has 0 aliphatic carbocycles. The minimum atomic E-state index is 0.563. The van der Waals surface area contributed by atoms with Crippen LogP contribution in [0.3, 0.4) is 0 Å². The quantitative estimate of drug-likeness (QED) is 0.398. The number of hydrogen-bond donors (Lipinski definition) is 1. The van der Waals surface area contributed by atoms with Gasteiger partial charge in [-0.05, 0) is 11.7 Å². The monoisotopic (exact) mass is 102 g/mol. The molecule has 0 aromatic rings. The first kappa shape index (κ1) is 6.09. The lowest BCUT2D eigenvalue weighted by Gasteiger charge is -1.93. The summed E-state index contributed by atoms with van der Waals surface area (Å²) in [5, 5.41) is 0. The molecule has 0 amide bonds. The van der Waals surface area contributed by atoms with E-state index in [1.54, 1.807) is 0 Å². The van der Waals surface area contributed by atoms with E-state index < -0.39 is 0 Å². The first-order valence-corrected chi connectivity index (χ1v) is 2.68. The zero-order valence-electron chi connectivity index (χ0n) is 4.02. The van der Waals surface area contributed by atoms with Crippen LogP contribution in [-0.2, 0) is 0 Å². The maximum Gasteiger partial charge on any atom is -0.00376 e. The summed E-state index contributed by atoms with van der Waals surface area (Å²) < 4.78 is 0. The third-order valence-electron chi connectivity index (χ3n) is 0.690. The normalized spacial score (nSPS) is 13.7. The Hall–Kier alpha value is 0.0900. The van der Waals surface area contributed by atoms with E-state index in [0.717, 1.165) is 5.75 Å². The number of allylic oxidation sites excluding steroid dienone is 1. The molecular formula is C5H10S. The second-order valence-corrected chi connectivity index (χ2v) is 1.76. The Morgan fingerprint density at radius 1 is 2.00 bits per heavy atom. The Kier molecular flexibility index (Phi) is 3.34. The van der Waals surface area contributed by atoms with Crippen molar-refractivity contribution in [1.82, 2.24) is 0 Å². The molecule has 0 spiro atoms.